The van der Waals surface area contributed by atoms with Crippen molar-refractivity contribution >= 4 is 17.0 Å². The van der Waals surface area contributed by atoms with Crippen LogP contribution in [0, 0.1) is 0 Å². The Morgan fingerprint density at radius 3 is 2.57 bits per heavy atom. The smallest absolute Gasteiger partial charge is 0.398 e. The maximum Gasteiger partial charge on any atom is 0.445 e. The molecule has 9 heteroatoms. The molecule has 0 atom stereocenters. The molecule has 0 saturated carbocycles. The Morgan fingerprint density at radius 1 is 1.14 bits per heavy atom. The molecule has 2 N–H and O–H groups in total. The van der Waals surface area contributed by atoms with Crippen LogP contribution in [-0.2, 0) is 6.18 Å². The van der Waals surface area contributed by atoms with Crippen LogP contribution in [0.25, 0.3) is 16.3 Å². The van der Waals surface area contributed by atoms with Crippen LogP contribution in [0.2, 0.25) is 0 Å². The first-order valence-corrected chi connectivity index (χ1v) is 6.57. The van der Waals surface area contributed by atoms with Crippen molar-refractivity contribution in [1.82, 2.24) is 20.0 Å². The second kappa shape index (κ2) is 4.85. The zero-order valence-electron chi connectivity index (χ0n) is 10.4. The molecule has 0 aliphatic carbocycles. The van der Waals surface area contributed by atoms with Gasteiger partial charge in [-0.15, -0.1) is 10.2 Å². The summed E-state index contributed by atoms with van der Waals surface area (Å²) in [6.07, 6.45) is -1.43. The van der Waals surface area contributed by atoms with E-state index in [4.69, 9.17) is 5.73 Å². The second-order valence-electron chi connectivity index (χ2n) is 4.15. The van der Waals surface area contributed by atoms with Gasteiger partial charge in [0.25, 0.3) is 0 Å². The van der Waals surface area contributed by atoms with Gasteiger partial charge in [0, 0.05) is 23.0 Å². The zero-order valence-corrected chi connectivity index (χ0v) is 11.2. The lowest BCUT2D eigenvalue weighted by Gasteiger charge is -2.00. The Morgan fingerprint density at radius 2 is 1.90 bits per heavy atom. The van der Waals surface area contributed by atoms with E-state index in [2.05, 4.69) is 15.3 Å². The number of para-hydroxylation sites is 1. The number of nitrogens with two attached hydrogens (primary N) is 1. The minimum absolute atomic E-state index is 0.0445. The van der Waals surface area contributed by atoms with Crippen LogP contribution in [-0.4, -0.2) is 20.0 Å². The van der Waals surface area contributed by atoms with Gasteiger partial charge in [0.2, 0.25) is 10.1 Å². The van der Waals surface area contributed by atoms with Crippen molar-refractivity contribution in [2.24, 2.45) is 0 Å². The standard InChI is InChI=1S/C12H8F3N5S/c13-12(14,15)10-18-19-11(21-10)20-6-7(5-17-20)8-3-1-2-4-9(8)16/h1-6H,16H2. The summed E-state index contributed by atoms with van der Waals surface area (Å²) in [5.41, 5.74) is 7.86. The molecule has 0 fully saturated rings. The van der Waals surface area contributed by atoms with Crippen LogP contribution in [0.5, 0.6) is 0 Å². The molecule has 1 aromatic carbocycles. The predicted molar refractivity (Wildman–Crippen MR) is 71.9 cm³/mol. The van der Waals surface area contributed by atoms with Crippen molar-refractivity contribution < 1.29 is 13.2 Å². The van der Waals surface area contributed by atoms with Gasteiger partial charge in [0.05, 0.1) is 6.20 Å². The number of nitrogens with zero attached hydrogens (tertiary/aromatic N) is 4. The number of halogens is 3. The molecule has 5 nitrogen and oxygen atoms in total. The van der Waals surface area contributed by atoms with Gasteiger partial charge in [-0.3, -0.25) is 0 Å². The summed E-state index contributed by atoms with van der Waals surface area (Å²) >= 11 is 0.428. The lowest BCUT2D eigenvalue weighted by Crippen LogP contribution is -2.03. The molecule has 0 unspecified atom stereocenters. The third-order valence-electron chi connectivity index (χ3n) is 2.71. The third kappa shape index (κ3) is 2.59. The highest BCUT2D eigenvalue weighted by atomic mass is 32.1. The highest BCUT2D eigenvalue weighted by Gasteiger charge is 2.35. The van der Waals surface area contributed by atoms with Gasteiger partial charge in [-0.05, 0) is 6.07 Å². The molecular formula is C12H8F3N5S. The quantitative estimate of drug-likeness (QED) is 0.739. The summed E-state index contributed by atoms with van der Waals surface area (Å²) in [4.78, 5) is 0. The molecule has 3 aromatic rings. The normalized spacial score (nSPS) is 11.8. The van der Waals surface area contributed by atoms with E-state index in [0.717, 1.165) is 5.56 Å². The molecular weight excluding hydrogens is 303 g/mol. The molecule has 2 aromatic heterocycles. The van der Waals surface area contributed by atoms with E-state index in [9.17, 15) is 13.2 Å². The predicted octanol–water partition coefficient (Wildman–Crippen LogP) is 2.99. The van der Waals surface area contributed by atoms with Gasteiger partial charge in [0.15, 0.2) is 0 Å². The van der Waals surface area contributed by atoms with Gasteiger partial charge in [-0.2, -0.15) is 18.3 Å². The number of aromatic nitrogens is 4. The molecule has 0 radical (unpaired) electrons. The molecule has 0 saturated heterocycles. The Labute approximate surface area is 120 Å². The van der Waals surface area contributed by atoms with Gasteiger partial charge in [0.1, 0.15) is 0 Å². The van der Waals surface area contributed by atoms with E-state index in [0.29, 0.717) is 22.6 Å². The van der Waals surface area contributed by atoms with Crippen molar-refractivity contribution in [1.29, 1.82) is 0 Å². The monoisotopic (exact) mass is 311 g/mol. The SMILES string of the molecule is Nc1ccccc1-c1cnn(-c2nnc(C(F)(F)F)s2)c1. The van der Waals surface area contributed by atoms with E-state index in [1.807, 2.05) is 6.07 Å². The van der Waals surface area contributed by atoms with Crippen molar-refractivity contribution in [2.75, 3.05) is 5.73 Å². The first-order valence-electron chi connectivity index (χ1n) is 5.76. The molecule has 2 heterocycles. The number of anilines is 1. The molecule has 0 spiro atoms. The molecule has 0 aliphatic heterocycles. The number of benzene rings is 1. The molecule has 108 valence electrons. The van der Waals surface area contributed by atoms with Crippen LogP contribution in [0.15, 0.2) is 36.7 Å². The van der Waals surface area contributed by atoms with E-state index in [-0.39, 0.29) is 5.13 Å². The van der Waals surface area contributed by atoms with Gasteiger partial charge in [-0.25, -0.2) is 4.68 Å². The second-order valence-corrected chi connectivity index (χ2v) is 5.10. The summed E-state index contributed by atoms with van der Waals surface area (Å²) in [5.74, 6) is 0. The number of alkyl halides is 3. The minimum atomic E-state index is -4.50. The van der Waals surface area contributed by atoms with Crippen LogP contribution < -0.4 is 5.73 Å². The molecule has 21 heavy (non-hydrogen) atoms. The van der Waals surface area contributed by atoms with Crippen molar-refractivity contribution in [2.45, 2.75) is 6.18 Å². The molecule has 3 rings (SSSR count). The van der Waals surface area contributed by atoms with E-state index in [1.54, 1.807) is 24.4 Å². The zero-order chi connectivity index (χ0) is 15.0. The number of hydrogen-bond donors (Lipinski definition) is 1. The summed E-state index contributed by atoms with van der Waals surface area (Å²) < 4.78 is 38.7. The molecule has 0 aliphatic rings. The van der Waals surface area contributed by atoms with E-state index >= 15 is 0 Å². The summed E-state index contributed by atoms with van der Waals surface area (Å²) in [6.45, 7) is 0. The molecule has 0 bridgehead atoms. The first-order chi connectivity index (χ1) is 9.95. The Kier molecular flexibility index (Phi) is 3.13. The maximum absolute atomic E-state index is 12.5. The third-order valence-corrected chi connectivity index (χ3v) is 3.66. The highest BCUT2D eigenvalue weighted by Crippen LogP contribution is 2.33. The lowest BCUT2D eigenvalue weighted by molar-refractivity contribution is -0.138. The first kappa shape index (κ1) is 13.6. The fourth-order valence-electron chi connectivity index (χ4n) is 1.75. The largest absolute Gasteiger partial charge is 0.445 e. The van der Waals surface area contributed by atoms with Crippen molar-refractivity contribution in [3.8, 4) is 16.3 Å². The van der Waals surface area contributed by atoms with Gasteiger partial charge < -0.3 is 5.73 Å². The van der Waals surface area contributed by atoms with E-state index in [1.165, 1.54) is 10.9 Å². The van der Waals surface area contributed by atoms with Gasteiger partial charge >= 0.3 is 6.18 Å². The summed E-state index contributed by atoms with van der Waals surface area (Å²) in [7, 11) is 0. The Hall–Kier alpha value is -2.42. The average molecular weight is 311 g/mol. The fraction of sp³-hybridized carbons (Fsp3) is 0.0833. The van der Waals surface area contributed by atoms with E-state index < -0.39 is 11.2 Å². The maximum atomic E-state index is 12.5. The molecule has 0 amide bonds. The minimum Gasteiger partial charge on any atom is -0.398 e. The van der Waals surface area contributed by atoms with Crippen molar-refractivity contribution in [3.63, 3.8) is 0 Å². The van der Waals surface area contributed by atoms with Crippen LogP contribution >= 0.6 is 11.3 Å². The highest BCUT2D eigenvalue weighted by molar-refractivity contribution is 7.13. The summed E-state index contributed by atoms with van der Waals surface area (Å²) in [5, 5.41) is 9.66. The lowest BCUT2D eigenvalue weighted by atomic mass is 10.1. The van der Waals surface area contributed by atoms with Gasteiger partial charge in [-0.1, -0.05) is 29.5 Å². The fourth-order valence-corrected chi connectivity index (χ4v) is 2.39. The van der Waals surface area contributed by atoms with Crippen LogP contribution in [0.1, 0.15) is 5.01 Å². The van der Waals surface area contributed by atoms with Crippen LogP contribution in [0.4, 0.5) is 18.9 Å². The number of hydrogen-bond acceptors (Lipinski definition) is 5. The van der Waals surface area contributed by atoms with Crippen molar-refractivity contribution in [3.05, 3.63) is 41.7 Å². The number of rotatable bonds is 2. The Bertz CT molecular complexity index is 777. The van der Waals surface area contributed by atoms with Crippen LogP contribution in [0.3, 0.4) is 0 Å². The summed E-state index contributed by atoms with van der Waals surface area (Å²) in [6, 6.07) is 7.15. The Balaban J connectivity index is 1.96. The average Bonchev–Trinajstić information content (AvgIpc) is 3.07. The number of nitrogen functional groups attached to an aromatic ring is 1. The topological polar surface area (TPSA) is 69.6 Å².